The van der Waals surface area contributed by atoms with Crippen LogP contribution in [0.2, 0.25) is 0 Å². The molecule has 2 saturated heterocycles. The van der Waals surface area contributed by atoms with E-state index in [-0.39, 0.29) is 36.5 Å². The molecule has 0 aromatic heterocycles. The molecular formula is C25H21F8NO6S2. The van der Waals surface area contributed by atoms with Gasteiger partial charge in [0, 0.05) is 23.6 Å². The molecule has 0 N–H and O–H groups in total. The van der Waals surface area contributed by atoms with E-state index in [1.54, 1.807) is 0 Å². The lowest BCUT2D eigenvalue weighted by atomic mass is 9.90. The quantitative estimate of drug-likeness (QED) is 0.365. The first-order valence-corrected chi connectivity index (χ1v) is 15.7. The molecule has 5 rings (SSSR count). The van der Waals surface area contributed by atoms with Gasteiger partial charge in [0.25, 0.3) is 0 Å². The van der Waals surface area contributed by atoms with E-state index < -0.39 is 101 Å². The number of fused-ring (bicyclic) bond motifs is 3. The number of carbonyl (C=O) groups is 1. The van der Waals surface area contributed by atoms with Gasteiger partial charge in [0.2, 0.25) is 5.91 Å². The first kappa shape index (κ1) is 30.5. The molecule has 2 fully saturated rings. The maximum Gasteiger partial charge on any atom is 0.435 e. The second-order valence-corrected chi connectivity index (χ2v) is 15.0. The van der Waals surface area contributed by atoms with E-state index in [2.05, 4.69) is 0 Å². The number of amides is 1. The molecule has 7 nitrogen and oxygen atoms in total. The minimum absolute atomic E-state index is 0.0334. The molecule has 2 unspecified atom stereocenters. The zero-order chi connectivity index (χ0) is 31.1. The van der Waals surface area contributed by atoms with Crippen molar-refractivity contribution in [2.45, 2.75) is 46.6 Å². The Bertz CT molecular complexity index is 1610. The van der Waals surface area contributed by atoms with Crippen molar-refractivity contribution in [3.63, 3.8) is 0 Å². The summed E-state index contributed by atoms with van der Waals surface area (Å²) in [6.07, 6.45) is -14.5. The van der Waals surface area contributed by atoms with Gasteiger partial charge in [-0.05, 0) is 43.2 Å². The molecule has 230 valence electrons. The fourth-order valence-electron chi connectivity index (χ4n) is 5.80. The summed E-state index contributed by atoms with van der Waals surface area (Å²) < 4.78 is 164. The monoisotopic (exact) mass is 647 g/mol. The Morgan fingerprint density at radius 2 is 1.50 bits per heavy atom. The third-order valence-corrected chi connectivity index (χ3v) is 12.2. The van der Waals surface area contributed by atoms with Crippen molar-refractivity contribution in [1.29, 1.82) is 0 Å². The maximum absolute atomic E-state index is 14.8. The number of alkyl halides is 7. The zero-order valence-corrected chi connectivity index (χ0v) is 22.8. The van der Waals surface area contributed by atoms with Crippen LogP contribution in [0.15, 0.2) is 47.4 Å². The lowest BCUT2D eigenvalue weighted by molar-refractivity contribution is -0.348. The first-order chi connectivity index (χ1) is 19.2. The molecule has 3 aliphatic rings. The summed E-state index contributed by atoms with van der Waals surface area (Å²) in [7, 11) is -8.06. The number of likely N-dealkylation sites (tertiary alicyclic amines) is 1. The number of carbonyl (C=O) groups excluding carboxylic acids is 1. The molecule has 0 bridgehead atoms. The number of hydrogen-bond donors (Lipinski definition) is 0. The molecule has 0 radical (unpaired) electrons. The van der Waals surface area contributed by atoms with Crippen molar-refractivity contribution < 1.29 is 61.5 Å². The van der Waals surface area contributed by atoms with E-state index in [1.807, 2.05) is 0 Å². The lowest BCUT2D eigenvalue weighted by Crippen LogP contribution is -2.50. The minimum atomic E-state index is -6.43. The average molecular weight is 648 g/mol. The van der Waals surface area contributed by atoms with E-state index >= 15 is 0 Å². The highest BCUT2D eigenvalue weighted by Crippen LogP contribution is 2.57. The second kappa shape index (κ2) is 9.53. The van der Waals surface area contributed by atoms with Crippen LogP contribution in [0.4, 0.5) is 35.1 Å². The Balaban J connectivity index is 1.62. The Hall–Kier alpha value is -2.95. The lowest BCUT2D eigenvalue weighted by Gasteiger charge is -2.31. The van der Waals surface area contributed by atoms with E-state index in [0.29, 0.717) is 6.07 Å². The van der Waals surface area contributed by atoms with E-state index in [0.717, 1.165) is 29.2 Å². The number of ether oxygens (including phenoxy) is 1. The van der Waals surface area contributed by atoms with Gasteiger partial charge in [-0.15, -0.1) is 0 Å². The van der Waals surface area contributed by atoms with E-state index in [1.165, 1.54) is 0 Å². The van der Waals surface area contributed by atoms with Gasteiger partial charge < -0.3 is 9.64 Å². The van der Waals surface area contributed by atoms with E-state index in [9.17, 15) is 56.8 Å². The number of nitrogens with zero attached hydrogens (tertiary/aromatic N) is 1. The highest BCUT2D eigenvalue weighted by molar-refractivity contribution is 7.92. The third kappa shape index (κ3) is 4.45. The van der Waals surface area contributed by atoms with Crippen LogP contribution in [-0.2, 0) is 34.9 Å². The van der Waals surface area contributed by atoms with Crippen LogP contribution >= 0.6 is 0 Å². The summed E-state index contributed by atoms with van der Waals surface area (Å²) >= 11 is 0. The van der Waals surface area contributed by atoms with Gasteiger partial charge in [-0.3, -0.25) is 4.79 Å². The summed E-state index contributed by atoms with van der Waals surface area (Å²) in [4.78, 5) is 14.0. The predicted octanol–water partition coefficient (Wildman–Crippen LogP) is 4.21. The van der Waals surface area contributed by atoms with Crippen LogP contribution in [0, 0.1) is 11.7 Å². The summed E-state index contributed by atoms with van der Waals surface area (Å²) in [6, 6.07) is 4.36. The van der Waals surface area contributed by atoms with Gasteiger partial charge in [0.1, 0.15) is 27.5 Å². The molecule has 0 aliphatic carbocycles. The largest absolute Gasteiger partial charge is 0.486 e. The molecule has 0 spiro atoms. The smallest absolute Gasteiger partial charge is 0.435 e. The molecule has 1 amide bonds. The van der Waals surface area contributed by atoms with Crippen LogP contribution in [0.5, 0.6) is 5.75 Å². The van der Waals surface area contributed by atoms with Gasteiger partial charge in [-0.25, -0.2) is 25.6 Å². The van der Waals surface area contributed by atoms with Crippen LogP contribution in [0.25, 0.3) is 0 Å². The molecular weight excluding hydrogens is 626 g/mol. The fourth-order valence-corrected chi connectivity index (χ4v) is 9.46. The SMILES string of the molecule is O=C(C1CCS(=O)(=O)CC1)N1CC2Oc3cc(C(F)(C(F)(F)F)C(F)(F)F)ccc3C2(S(=O)(=O)c2ccc(F)cc2)C1. The minimum Gasteiger partial charge on any atom is -0.486 e. The summed E-state index contributed by atoms with van der Waals surface area (Å²) in [5.41, 5.74) is -8.09. The molecule has 3 heterocycles. The van der Waals surface area contributed by atoms with Gasteiger partial charge in [-0.2, -0.15) is 26.3 Å². The molecule has 0 saturated carbocycles. The van der Waals surface area contributed by atoms with E-state index in [4.69, 9.17) is 4.74 Å². The predicted molar refractivity (Wildman–Crippen MR) is 129 cm³/mol. The zero-order valence-electron chi connectivity index (χ0n) is 21.2. The second-order valence-electron chi connectivity index (χ2n) is 10.5. The number of sulfone groups is 2. The van der Waals surface area contributed by atoms with Crippen LogP contribution in [0.3, 0.4) is 0 Å². The molecule has 3 aliphatic heterocycles. The molecule has 42 heavy (non-hydrogen) atoms. The highest BCUT2D eigenvalue weighted by Gasteiger charge is 2.74. The number of benzene rings is 2. The molecule has 17 heteroatoms. The summed E-state index contributed by atoms with van der Waals surface area (Å²) in [5, 5.41) is 0. The highest BCUT2D eigenvalue weighted by atomic mass is 32.2. The van der Waals surface area contributed by atoms with Gasteiger partial charge in [0.05, 0.1) is 22.9 Å². The molecule has 2 atom stereocenters. The molecule has 2 aromatic rings. The van der Waals surface area contributed by atoms with Gasteiger partial charge >= 0.3 is 18.0 Å². The Morgan fingerprint density at radius 1 is 0.929 bits per heavy atom. The fraction of sp³-hybridized carbons (Fsp3) is 0.480. The van der Waals surface area contributed by atoms with Gasteiger partial charge in [0.15, 0.2) is 14.6 Å². The molecule has 2 aromatic carbocycles. The van der Waals surface area contributed by atoms with Crippen molar-refractivity contribution in [1.82, 2.24) is 4.90 Å². The number of rotatable bonds is 4. The summed E-state index contributed by atoms with van der Waals surface area (Å²) in [6.45, 7) is -1.14. The van der Waals surface area contributed by atoms with Crippen molar-refractivity contribution in [2.75, 3.05) is 24.6 Å². The van der Waals surface area contributed by atoms with Crippen LogP contribution in [-0.4, -0.2) is 70.7 Å². The normalized spacial score (nSPS) is 24.7. The Morgan fingerprint density at radius 3 is 2.05 bits per heavy atom. The summed E-state index contributed by atoms with van der Waals surface area (Å²) in [5.74, 6) is -3.49. The number of hydrogen-bond acceptors (Lipinski definition) is 6. The standard InChI is InChI=1S/C25H21F8NO6S2/c26-16-2-4-17(5-3-16)42(38,39)22-13-34(21(35)14-7-9-41(36,37)10-8-14)12-20(22)40-19-11-15(1-6-18(19)22)23(27,24(28,29)30)25(31,32)33/h1-6,11,14,20H,7-10,12-13H2. The maximum atomic E-state index is 14.8. The topological polar surface area (TPSA) is 97.8 Å². The Labute approximate surface area is 234 Å². The Kier molecular flexibility index (Phi) is 6.92. The van der Waals surface area contributed by atoms with Crippen LogP contribution < -0.4 is 4.74 Å². The van der Waals surface area contributed by atoms with Crippen LogP contribution in [0.1, 0.15) is 24.0 Å². The van der Waals surface area contributed by atoms with Crippen molar-refractivity contribution in [3.05, 3.63) is 59.4 Å². The van der Waals surface area contributed by atoms with Crippen molar-refractivity contribution >= 4 is 25.6 Å². The number of halogens is 8. The van der Waals surface area contributed by atoms with Crippen molar-refractivity contribution in [2.24, 2.45) is 5.92 Å². The first-order valence-electron chi connectivity index (χ1n) is 12.4. The third-order valence-electron chi connectivity index (χ3n) is 8.04. The van der Waals surface area contributed by atoms with Crippen molar-refractivity contribution in [3.8, 4) is 5.75 Å². The van der Waals surface area contributed by atoms with Gasteiger partial charge in [-0.1, -0.05) is 12.1 Å². The average Bonchev–Trinajstić information content (AvgIpc) is 3.41.